The van der Waals surface area contributed by atoms with Gasteiger partial charge in [-0.05, 0) is 29.8 Å². The highest BCUT2D eigenvalue weighted by molar-refractivity contribution is 6.35. The van der Waals surface area contributed by atoms with Crippen LogP contribution >= 0.6 is 23.2 Å². The number of aromatic nitrogens is 2. The van der Waals surface area contributed by atoms with Crippen molar-refractivity contribution in [3.05, 3.63) is 76.8 Å². The van der Waals surface area contributed by atoms with Crippen molar-refractivity contribution in [1.82, 2.24) is 9.55 Å². The van der Waals surface area contributed by atoms with Crippen LogP contribution in [0.1, 0.15) is 5.56 Å². The van der Waals surface area contributed by atoms with Crippen molar-refractivity contribution in [1.29, 1.82) is 0 Å². The quantitative estimate of drug-likeness (QED) is 0.749. The first kappa shape index (κ1) is 14.0. The molecule has 2 aromatic carbocycles. The highest BCUT2D eigenvalue weighted by Crippen LogP contribution is 2.24. The van der Waals surface area contributed by atoms with Gasteiger partial charge in [0, 0.05) is 29.0 Å². The van der Waals surface area contributed by atoms with Gasteiger partial charge in [0.25, 0.3) is 0 Å². The van der Waals surface area contributed by atoms with Gasteiger partial charge in [0.05, 0.1) is 17.7 Å². The summed E-state index contributed by atoms with van der Waals surface area (Å²) < 4.78 is 1.96. The van der Waals surface area contributed by atoms with Gasteiger partial charge < -0.3 is 9.88 Å². The molecule has 3 rings (SSSR count). The number of para-hydroxylation sites is 2. The summed E-state index contributed by atoms with van der Waals surface area (Å²) in [6.45, 7) is 0.627. The van der Waals surface area contributed by atoms with Crippen molar-refractivity contribution in [2.45, 2.75) is 6.54 Å². The number of hydrogen-bond donors (Lipinski definition) is 1. The lowest BCUT2D eigenvalue weighted by Gasteiger charge is -2.13. The van der Waals surface area contributed by atoms with E-state index >= 15 is 0 Å². The minimum Gasteiger partial charge on any atom is -0.379 e. The van der Waals surface area contributed by atoms with E-state index < -0.39 is 0 Å². The smallest absolute Gasteiger partial charge is 0.0992 e. The molecular weight excluding hydrogens is 305 g/mol. The van der Waals surface area contributed by atoms with Crippen LogP contribution in [0.15, 0.2) is 61.2 Å². The average Bonchev–Trinajstić information content (AvgIpc) is 3.01. The Bertz CT molecular complexity index is 739. The van der Waals surface area contributed by atoms with Crippen LogP contribution in [0, 0.1) is 0 Å². The number of anilines is 1. The predicted octanol–water partition coefficient (Wildman–Crippen LogP) is 4.79. The van der Waals surface area contributed by atoms with Crippen LogP contribution in [0.25, 0.3) is 5.69 Å². The molecule has 3 nitrogen and oxygen atoms in total. The van der Waals surface area contributed by atoms with E-state index in [9.17, 15) is 0 Å². The zero-order chi connectivity index (χ0) is 14.7. The fourth-order valence-electron chi connectivity index (χ4n) is 2.11. The van der Waals surface area contributed by atoms with Crippen molar-refractivity contribution >= 4 is 28.9 Å². The van der Waals surface area contributed by atoms with E-state index in [2.05, 4.69) is 10.3 Å². The molecule has 0 radical (unpaired) electrons. The van der Waals surface area contributed by atoms with Crippen LogP contribution in [-0.4, -0.2) is 9.55 Å². The Morgan fingerprint density at radius 2 is 1.95 bits per heavy atom. The Morgan fingerprint density at radius 1 is 1.10 bits per heavy atom. The summed E-state index contributed by atoms with van der Waals surface area (Å²) >= 11 is 12.1. The molecule has 1 N–H and O–H groups in total. The second kappa shape index (κ2) is 6.20. The van der Waals surface area contributed by atoms with Gasteiger partial charge >= 0.3 is 0 Å². The SMILES string of the molecule is Clc1ccc(CNc2ccccc2-n2ccnc2)c(Cl)c1. The number of nitrogens with zero attached hydrogens (tertiary/aromatic N) is 2. The molecule has 1 heterocycles. The maximum atomic E-state index is 6.20. The second-order valence-corrected chi connectivity index (χ2v) is 5.42. The number of halogens is 2. The number of hydrogen-bond acceptors (Lipinski definition) is 2. The molecule has 0 saturated heterocycles. The van der Waals surface area contributed by atoms with Gasteiger partial charge in [-0.25, -0.2) is 4.98 Å². The molecule has 0 fully saturated rings. The summed E-state index contributed by atoms with van der Waals surface area (Å²) in [6.07, 6.45) is 5.44. The summed E-state index contributed by atoms with van der Waals surface area (Å²) in [4.78, 5) is 4.08. The first-order valence-electron chi connectivity index (χ1n) is 6.49. The normalized spacial score (nSPS) is 10.6. The van der Waals surface area contributed by atoms with E-state index in [0.717, 1.165) is 16.9 Å². The zero-order valence-corrected chi connectivity index (χ0v) is 12.6. The number of imidazole rings is 1. The maximum absolute atomic E-state index is 6.20. The monoisotopic (exact) mass is 317 g/mol. The van der Waals surface area contributed by atoms with Gasteiger partial charge in [-0.3, -0.25) is 0 Å². The molecule has 0 aliphatic heterocycles. The van der Waals surface area contributed by atoms with Crippen LogP contribution in [0.3, 0.4) is 0 Å². The average molecular weight is 318 g/mol. The van der Waals surface area contributed by atoms with E-state index in [-0.39, 0.29) is 0 Å². The standard InChI is InChI=1S/C16H13Cl2N3/c17-13-6-5-12(14(18)9-13)10-20-15-3-1-2-4-16(15)21-8-7-19-11-21/h1-9,11,20H,10H2. The van der Waals surface area contributed by atoms with Crippen molar-refractivity contribution in [3.8, 4) is 5.69 Å². The van der Waals surface area contributed by atoms with Gasteiger partial charge in [-0.15, -0.1) is 0 Å². The van der Waals surface area contributed by atoms with Gasteiger partial charge in [0.1, 0.15) is 0 Å². The summed E-state index contributed by atoms with van der Waals surface area (Å²) in [7, 11) is 0. The molecule has 0 saturated carbocycles. The van der Waals surface area contributed by atoms with Crippen molar-refractivity contribution < 1.29 is 0 Å². The predicted molar refractivity (Wildman–Crippen MR) is 87.4 cm³/mol. The van der Waals surface area contributed by atoms with E-state index in [0.29, 0.717) is 16.6 Å². The molecule has 3 aromatic rings. The third-order valence-electron chi connectivity index (χ3n) is 3.17. The summed E-state index contributed by atoms with van der Waals surface area (Å²) in [5.74, 6) is 0. The highest BCUT2D eigenvalue weighted by atomic mass is 35.5. The van der Waals surface area contributed by atoms with Gasteiger partial charge in [0.15, 0.2) is 0 Å². The van der Waals surface area contributed by atoms with Crippen LogP contribution in [0.2, 0.25) is 10.0 Å². The number of nitrogens with one attached hydrogen (secondary N) is 1. The summed E-state index contributed by atoms with van der Waals surface area (Å²) in [6, 6.07) is 13.6. The molecular formula is C16H13Cl2N3. The van der Waals surface area contributed by atoms with Gasteiger partial charge in [-0.1, -0.05) is 41.4 Å². The van der Waals surface area contributed by atoms with Crippen LogP contribution < -0.4 is 5.32 Å². The first-order valence-corrected chi connectivity index (χ1v) is 7.25. The third-order valence-corrected chi connectivity index (χ3v) is 3.76. The van der Waals surface area contributed by atoms with Crippen molar-refractivity contribution in [2.75, 3.05) is 5.32 Å². The Hall–Kier alpha value is -1.97. The Morgan fingerprint density at radius 3 is 2.71 bits per heavy atom. The molecule has 0 aliphatic carbocycles. The molecule has 0 aliphatic rings. The molecule has 0 spiro atoms. The molecule has 0 atom stereocenters. The fourth-order valence-corrected chi connectivity index (χ4v) is 2.58. The Labute approximate surface area is 133 Å². The molecule has 1 aromatic heterocycles. The van der Waals surface area contributed by atoms with E-state index in [4.69, 9.17) is 23.2 Å². The van der Waals surface area contributed by atoms with E-state index in [1.807, 2.05) is 47.2 Å². The Balaban J connectivity index is 1.83. The lowest BCUT2D eigenvalue weighted by molar-refractivity contribution is 1.04. The van der Waals surface area contributed by atoms with Crippen LogP contribution in [0.4, 0.5) is 5.69 Å². The molecule has 21 heavy (non-hydrogen) atoms. The molecule has 0 bridgehead atoms. The van der Waals surface area contributed by atoms with Gasteiger partial charge in [-0.2, -0.15) is 0 Å². The number of rotatable bonds is 4. The van der Waals surface area contributed by atoms with Crippen molar-refractivity contribution in [3.63, 3.8) is 0 Å². The van der Waals surface area contributed by atoms with Crippen molar-refractivity contribution in [2.24, 2.45) is 0 Å². The summed E-state index contributed by atoms with van der Waals surface area (Å²) in [5.41, 5.74) is 3.06. The summed E-state index contributed by atoms with van der Waals surface area (Å²) in [5, 5.41) is 4.71. The topological polar surface area (TPSA) is 29.9 Å². The first-order chi connectivity index (χ1) is 10.2. The Kier molecular flexibility index (Phi) is 4.13. The largest absolute Gasteiger partial charge is 0.379 e. The molecule has 0 unspecified atom stereocenters. The van der Waals surface area contributed by atoms with Crippen LogP contribution in [-0.2, 0) is 6.54 Å². The van der Waals surface area contributed by atoms with Crippen LogP contribution in [0.5, 0.6) is 0 Å². The molecule has 5 heteroatoms. The number of benzene rings is 2. The lowest BCUT2D eigenvalue weighted by atomic mass is 10.2. The van der Waals surface area contributed by atoms with E-state index in [1.54, 1.807) is 18.6 Å². The minimum atomic E-state index is 0.627. The third kappa shape index (κ3) is 3.20. The molecule has 0 amide bonds. The molecule has 106 valence electrons. The maximum Gasteiger partial charge on any atom is 0.0992 e. The minimum absolute atomic E-state index is 0.627. The highest BCUT2D eigenvalue weighted by Gasteiger charge is 2.05. The van der Waals surface area contributed by atoms with Gasteiger partial charge in [0.2, 0.25) is 0 Å². The zero-order valence-electron chi connectivity index (χ0n) is 11.1. The second-order valence-electron chi connectivity index (χ2n) is 4.58. The lowest BCUT2D eigenvalue weighted by Crippen LogP contribution is -2.04. The van der Waals surface area contributed by atoms with E-state index in [1.165, 1.54) is 0 Å². The fraction of sp³-hybridized carbons (Fsp3) is 0.0625.